The number of nitro groups is 1. The van der Waals surface area contributed by atoms with Gasteiger partial charge in [0.2, 0.25) is 5.88 Å². The Morgan fingerprint density at radius 3 is 2.67 bits per heavy atom. The van der Waals surface area contributed by atoms with Gasteiger partial charge in [0.05, 0.1) is 23.4 Å². The summed E-state index contributed by atoms with van der Waals surface area (Å²) in [4.78, 5) is 37.9. The minimum atomic E-state index is -0.780. The molecule has 0 bridgehead atoms. The van der Waals surface area contributed by atoms with Gasteiger partial charge >= 0.3 is 0 Å². The highest BCUT2D eigenvalue weighted by atomic mass is 16.6. The maximum absolute atomic E-state index is 12.5. The first-order valence-electron chi connectivity index (χ1n) is 6.59. The third-order valence-electron chi connectivity index (χ3n) is 3.18. The van der Waals surface area contributed by atoms with Gasteiger partial charge in [-0.3, -0.25) is 24.4 Å². The highest BCUT2D eigenvalue weighted by Gasteiger charge is 2.24. The lowest BCUT2D eigenvalue weighted by Crippen LogP contribution is -2.21. The van der Waals surface area contributed by atoms with Crippen molar-refractivity contribution in [3.05, 3.63) is 39.3 Å². The summed E-state index contributed by atoms with van der Waals surface area (Å²) >= 11 is 0. The van der Waals surface area contributed by atoms with Crippen LogP contribution in [0.25, 0.3) is 0 Å². The maximum atomic E-state index is 12.5. The summed E-state index contributed by atoms with van der Waals surface area (Å²) in [6, 6.07) is 1.02. The van der Waals surface area contributed by atoms with Crippen molar-refractivity contribution in [2.24, 2.45) is 12.8 Å². The van der Waals surface area contributed by atoms with Crippen LogP contribution in [-0.2, 0) is 7.05 Å². The van der Waals surface area contributed by atoms with Crippen LogP contribution in [-0.4, -0.2) is 38.6 Å². The zero-order chi connectivity index (χ0) is 18.0. The van der Waals surface area contributed by atoms with E-state index in [1.807, 2.05) is 0 Å². The number of amides is 2. The Kier molecular flexibility index (Phi) is 4.44. The van der Waals surface area contributed by atoms with E-state index in [2.05, 4.69) is 15.4 Å². The zero-order valence-electron chi connectivity index (χ0n) is 13.1. The third-order valence-corrected chi connectivity index (χ3v) is 3.18. The summed E-state index contributed by atoms with van der Waals surface area (Å²) in [5.74, 6) is -1.63. The van der Waals surface area contributed by atoms with Gasteiger partial charge in [-0.2, -0.15) is 5.10 Å². The van der Waals surface area contributed by atoms with Crippen LogP contribution in [0.4, 0.5) is 11.4 Å². The number of carbonyl (C=O) groups excluding carboxylic acids is 2. The molecule has 2 aromatic rings. The average Bonchev–Trinajstić information content (AvgIpc) is 2.80. The Hall–Kier alpha value is -3.50. The van der Waals surface area contributed by atoms with Crippen molar-refractivity contribution in [2.45, 2.75) is 6.92 Å². The number of aromatic nitrogens is 3. The molecule has 0 spiro atoms. The number of methoxy groups -OCH3 is 1. The molecule has 3 N–H and O–H groups in total. The normalized spacial score (nSPS) is 10.3. The van der Waals surface area contributed by atoms with Crippen LogP contribution >= 0.6 is 0 Å². The third kappa shape index (κ3) is 2.99. The van der Waals surface area contributed by atoms with Crippen molar-refractivity contribution in [3.8, 4) is 5.88 Å². The van der Waals surface area contributed by atoms with Gasteiger partial charge in [-0.25, -0.2) is 4.98 Å². The molecule has 11 heteroatoms. The standard InChI is InChI=1S/C13H14N6O5/c1-6-9(10(11(14)20)18(2)17-6)16-12(21)8-4-7(19(22)23)5-15-13(8)24-3/h4-5H,1-3H3,(H2,14,20)(H,16,21). The van der Waals surface area contributed by atoms with E-state index in [0.29, 0.717) is 5.69 Å². The van der Waals surface area contributed by atoms with Crippen LogP contribution in [0.2, 0.25) is 0 Å². The molecule has 0 saturated carbocycles. The summed E-state index contributed by atoms with van der Waals surface area (Å²) in [6.07, 6.45) is 0.972. The monoisotopic (exact) mass is 334 g/mol. The molecule has 2 aromatic heterocycles. The van der Waals surface area contributed by atoms with E-state index in [4.69, 9.17) is 10.5 Å². The second-order valence-electron chi connectivity index (χ2n) is 4.76. The summed E-state index contributed by atoms with van der Waals surface area (Å²) in [7, 11) is 2.77. The minimum absolute atomic E-state index is 0.00166. The number of carbonyl (C=O) groups is 2. The summed E-state index contributed by atoms with van der Waals surface area (Å²) in [5.41, 5.74) is 5.22. The first-order valence-corrected chi connectivity index (χ1v) is 6.59. The molecule has 126 valence electrons. The molecule has 0 saturated heterocycles. The highest BCUT2D eigenvalue weighted by molar-refractivity contribution is 6.09. The predicted molar refractivity (Wildman–Crippen MR) is 81.9 cm³/mol. The van der Waals surface area contributed by atoms with Gasteiger partial charge in [0.15, 0.2) is 0 Å². The number of nitrogens with two attached hydrogens (primary N) is 1. The Morgan fingerprint density at radius 2 is 2.12 bits per heavy atom. The molecular weight excluding hydrogens is 320 g/mol. The lowest BCUT2D eigenvalue weighted by atomic mass is 10.2. The van der Waals surface area contributed by atoms with Crippen molar-refractivity contribution in [1.29, 1.82) is 0 Å². The molecule has 2 amide bonds. The molecule has 0 fully saturated rings. The summed E-state index contributed by atoms with van der Waals surface area (Å²) in [5, 5.41) is 17.3. The van der Waals surface area contributed by atoms with E-state index in [1.165, 1.54) is 18.8 Å². The van der Waals surface area contributed by atoms with E-state index < -0.39 is 16.7 Å². The highest BCUT2D eigenvalue weighted by Crippen LogP contribution is 2.24. The molecule has 0 aliphatic carbocycles. The minimum Gasteiger partial charge on any atom is -0.480 e. The second-order valence-corrected chi connectivity index (χ2v) is 4.76. The number of ether oxygens (including phenoxy) is 1. The first-order chi connectivity index (χ1) is 11.3. The predicted octanol–water partition coefficient (Wildman–Crippen LogP) is 0.392. The second kappa shape index (κ2) is 6.32. The number of rotatable bonds is 5. The van der Waals surface area contributed by atoms with Crippen molar-refractivity contribution in [3.63, 3.8) is 0 Å². The van der Waals surface area contributed by atoms with Gasteiger partial charge in [0, 0.05) is 13.1 Å². The Bertz CT molecular complexity index is 844. The number of aryl methyl sites for hydroxylation is 2. The molecule has 0 atom stereocenters. The van der Waals surface area contributed by atoms with Crippen LogP contribution in [0.1, 0.15) is 26.5 Å². The van der Waals surface area contributed by atoms with E-state index in [-0.39, 0.29) is 28.5 Å². The van der Waals surface area contributed by atoms with Crippen LogP contribution in [0.3, 0.4) is 0 Å². The SMILES string of the molecule is COc1ncc([N+](=O)[O-])cc1C(=O)Nc1c(C)nn(C)c1C(N)=O. The molecule has 11 nitrogen and oxygen atoms in total. The smallest absolute Gasteiger partial charge is 0.288 e. The average molecular weight is 334 g/mol. The largest absolute Gasteiger partial charge is 0.480 e. The fraction of sp³-hybridized carbons (Fsp3) is 0.231. The van der Waals surface area contributed by atoms with E-state index >= 15 is 0 Å². The quantitative estimate of drug-likeness (QED) is 0.591. The number of pyridine rings is 1. The fourth-order valence-electron chi connectivity index (χ4n) is 2.14. The molecule has 2 rings (SSSR count). The number of anilines is 1. The van der Waals surface area contributed by atoms with Crippen LogP contribution in [0, 0.1) is 17.0 Å². The van der Waals surface area contributed by atoms with E-state index in [0.717, 1.165) is 12.3 Å². The summed E-state index contributed by atoms with van der Waals surface area (Å²) in [6.45, 7) is 1.57. The molecule has 2 heterocycles. The molecule has 0 aliphatic rings. The van der Waals surface area contributed by atoms with Crippen molar-refractivity contribution in [1.82, 2.24) is 14.8 Å². The fourth-order valence-corrected chi connectivity index (χ4v) is 2.14. The van der Waals surface area contributed by atoms with Crippen molar-refractivity contribution < 1.29 is 19.2 Å². The Morgan fingerprint density at radius 1 is 1.46 bits per heavy atom. The van der Waals surface area contributed by atoms with E-state index in [1.54, 1.807) is 6.92 Å². The van der Waals surface area contributed by atoms with Crippen LogP contribution in [0.5, 0.6) is 5.88 Å². The zero-order valence-corrected chi connectivity index (χ0v) is 13.1. The van der Waals surface area contributed by atoms with Gasteiger partial charge in [0.1, 0.15) is 17.5 Å². The first kappa shape index (κ1) is 16.9. The number of hydrogen-bond acceptors (Lipinski definition) is 7. The van der Waals surface area contributed by atoms with Crippen molar-refractivity contribution in [2.75, 3.05) is 12.4 Å². The van der Waals surface area contributed by atoms with Gasteiger partial charge in [-0.05, 0) is 6.92 Å². The van der Waals surface area contributed by atoms with Crippen LogP contribution in [0.15, 0.2) is 12.3 Å². The number of primary amides is 1. The number of hydrogen-bond donors (Lipinski definition) is 2. The Labute approximate surface area is 135 Å². The Balaban J connectivity index is 2.46. The maximum Gasteiger partial charge on any atom is 0.288 e. The summed E-state index contributed by atoms with van der Waals surface area (Å²) < 4.78 is 6.18. The van der Waals surface area contributed by atoms with Gasteiger partial charge in [-0.1, -0.05) is 0 Å². The number of nitrogens with zero attached hydrogens (tertiary/aromatic N) is 4. The van der Waals surface area contributed by atoms with Gasteiger partial charge in [0.25, 0.3) is 17.5 Å². The topological polar surface area (TPSA) is 155 Å². The lowest BCUT2D eigenvalue weighted by Gasteiger charge is -2.09. The number of nitrogens with one attached hydrogen (secondary N) is 1. The van der Waals surface area contributed by atoms with E-state index in [9.17, 15) is 19.7 Å². The van der Waals surface area contributed by atoms with Gasteiger partial charge in [-0.15, -0.1) is 0 Å². The molecule has 0 unspecified atom stereocenters. The molecule has 0 radical (unpaired) electrons. The molecule has 0 aromatic carbocycles. The molecular formula is C13H14N6O5. The molecule has 24 heavy (non-hydrogen) atoms. The van der Waals surface area contributed by atoms with Gasteiger partial charge < -0.3 is 15.8 Å². The molecule has 0 aliphatic heterocycles. The lowest BCUT2D eigenvalue weighted by molar-refractivity contribution is -0.385. The van der Waals surface area contributed by atoms with Crippen molar-refractivity contribution >= 4 is 23.2 Å². The van der Waals surface area contributed by atoms with Crippen LogP contribution < -0.4 is 15.8 Å².